The Morgan fingerprint density at radius 3 is 2.55 bits per heavy atom. The van der Waals surface area contributed by atoms with E-state index >= 15 is 0 Å². The van der Waals surface area contributed by atoms with Crippen LogP contribution in [0.3, 0.4) is 0 Å². The molecular weight excluding hydrogens is 280 g/mol. The fourth-order valence-corrected chi connectivity index (χ4v) is 3.16. The maximum absolute atomic E-state index is 12.3. The average molecular weight is 300 g/mol. The van der Waals surface area contributed by atoms with Crippen molar-refractivity contribution < 1.29 is 17.9 Å². The molecule has 20 heavy (non-hydrogen) atoms. The van der Waals surface area contributed by atoms with Gasteiger partial charge in [0.15, 0.2) is 0 Å². The number of carbonyl (C=O) groups is 1. The van der Waals surface area contributed by atoms with Gasteiger partial charge in [-0.1, -0.05) is 18.2 Å². The van der Waals surface area contributed by atoms with Crippen molar-refractivity contribution in [2.24, 2.45) is 5.73 Å². The van der Waals surface area contributed by atoms with Crippen molar-refractivity contribution in [1.82, 2.24) is 4.31 Å². The van der Waals surface area contributed by atoms with Crippen LogP contribution < -0.4 is 5.73 Å². The molecule has 0 aliphatic heterocycles. The standard InChI is InChI=1S/C13H20N2O4S/c1-10(8-14)15(2)20(17,18)9-11-6-4-5-7-12(11)13(16)19-3/h4-7,10H,8-9,14H2,1-3H3. The van der Waals surface area contributed by atoms with E-state index in [9.17, 15) is 13.2 Å². The van der Waals surface area contributed by atoms with Crippen molar-refractivity contribution in [2.45, 2.75) is 18.7 Å². The normalized spacial score (nSPS) is 13.2. The molecule has 6 nitrogen and oxygen atoms in total. The second-order valence-electron chi connectivity index (χ2n) is 4.51. The predicted octanol–water partition coefficient (Wildman–Crippen LogP) is 0.582. The molecular formula is C13H20N2O4S. The van der Waals surface area contributed by atoms with Gasteiger partial charge in [-0.25, -0.2) is 17.5 Å². The Morgan fingerprint density at radius 1 is 1.40 bits per heavy atom. The fourth-order valence-electron chi connectivity index (χ4n) is 1.68. The molecule has 1 aromatic carbocycles. The van der Waals surface area contributed by atoms with E-state index < -0.39 is 16.0 Å². The highest BCUT2D eigenvalue weighted by Gasteiger charge is 2.25. The Labute approximate surface area is 119 Å². The smallest absolute Gasteiger partial charge is 0.338 e. The Morgan fingerprint density at radius 2 is 2.00 bits per heavy atom. The lowest BCUT2D eigenvalue weighted by molar-refractivity contribution is 0.0600. The number of rotatable bonds is 6. The summed E-state index contributed by atoms with van der Waals surface area (Å²) in [5.41, 5.74) is 6.15. The van der Waals surface area contributed by atoms with Gasteiger partial charge in [-0.15, -0.1) is 0 Å². The molecule has 0 bridgehead atoms. The zero-order valence-electron chi connectivity index (χ0n) is 11.9. The number of nitrogens with zero attached hydrogens (tertiary/aromatic N) is 1. The fraction of sp³-hybridized carbons (Fsp3) is 0.462. The van der Waals surface area contributed by atoms with Gasteiger partial charge in [-0.3, -0.25) is 0 Å². The molecule has 0 heterocycles. The largest absolute Gasteiger partial charge is 0.465 e. The summed E-state index contributed by atoms with van der Waals surface area (Å²) in [5.74, 6) is -0.815. The van der Waals surface area contributed by atoms with Crippen LogP contribution in [0.25, 0.3) is 0 Å². The van der Waals surface area contributed by atoms with Crippen LogP contribution in [-0.4, -0.2) is 45.4 Å². The third-order valence-corrected chi connectivity index (χ3v) is 5.07. The number of benzene rings is 1. The van der Waals surface area contributed by atoms with Crippen molar-refractivity contribution >= 4 is 16.0 Å². The highest BCUT2D eigenvalue weighted by molar-refractivity contribution is 7.88. The summed E-state index contributed by atoms with van der Waals surface area (Å²) in [4.78, 5) is 11.6. The SMILES string of the molecule is COC(=O)c1ccccc1CS(=O)(=O)N(C)C(C)CN. The molecule has 1 unspecified atom stereocenters. The van der Waals surface area contributed by atoms with Crippen molar-refractivity contribution in [1.29, 1.82) is 0 Å². The minimum Gasteiger partial charge on any atom is -0.465 e. The zero-order chi connectivity index (χ0) is 15.3. The zero-order valence-corrected chi connectivity index (χ0v) is 12.7. The predicted molar refractivity (Wildman–Crippen MR) is 76.7 cm³/mol. The molecule has 0 fully saturated rings. The summed E-state index contributed by atoms with van der Waals surface area (Å²) in [6.07, 6.45) is 0. The number of methoxy groups -OCH3 is 1. The van der Waals surface area contributed by atoms with Gasteiger partial charge in [0.05, 0.1) is 18.4 Å². The number of likely N-dealkylation sites (N-methyl/N-ethyl adjacent to an activating group) is 1. The van der Waals surface area contributed by atoms with Crippen LogP contribution in [0.1, 0.15) is 22.8 Å². The Bertz CT molecular complexity index is 571. The van der Waals surface area contributed by atoms with Crippen LogP contribution in [0.15, 0.2) is 24.3 Å². The quantitative estimate of drug-likeness (QED) is 0.776. The van der Waals surface area contributed by atoms with E-state index in [-0.39, 0.29) is 23.9 Å². The lowest BCUT2D eigenvalue weighted by Crippen LogP contribution is -2.40. The average Bonchev–Trinajstić information content (AvgIpc) is 2.44. The van der Waals surface area contributed by atoms with Gasteiger partial charge in [-0.2, -0.15) is 0 Å². The monoisotopic (exact) mass is 300 g/mol. The van der Waals surface area contributed by atoms with Crippen LogP contribution in [0.5, 0.6) is 0 Å². The highest BCUT2D eigenvalue weighted by Crippen LogP contribution is 2.16. The van der Waals surface area contributed by atoms with Crippen LogP contribution in [0, 0.1) is 0 Å². The molecule has 1 rings (SSSR count). The van der Waals surface area contributed by atoms with Crippen LogP contribution in [0.4, 0.5) is 0 Å². The van der Waals surface area contributed by atoms with Crippen molar-refractivity contribution in [3.8, 4) is 0 Å². The number of esters is 1. The molecule has 2 N–H and O–H groups in total. The van der Waals surface area contributed by atoms with Crippen LogP contribution >= 0.6 is 0 Å². The molecule has 1 aromatic rings. The molecule has 0 aromatic heterocycles. The number of hydrogen-bond donors (Lipinski definition) is 1. The number of carbonyl (C=O) groups excluding carboxylic acids is 1. The van der Waals surface area contributed by atoms with E-state index in [1.54, 1.807) is 31.2 Å². The van der Waals surface area contributed by atoms with Gasteiger partial charge in [0.1, 0.15) is 0 Å². The van der Waals surface area contributed by atoms with E-state index in [2.05, 4.69) is 4.74 Å². The third kappa shape index (κ3) is 3.78. The summed E-state index contributed by atoms with van der Waals surface area (Å²) < 4.78 is 30.4. The minimum atomic E-state index is -3.54. The van der Waals surface area contributed by atoms with E-state index in [1.165, 1.54) is 18.5 Å². The lowest BCUT2D eigenvalue weighted by atomic mass is 10.1. The Balaban J connectivity index is 3.07. The topological polar surface area (TPSA) is 89.7 Å². The first-order chi connectivity index (χ1) is 9.33. The van der Waals surface area contributed by atoms with Crippen molar-refractivity contribution in [3.05, 3.63) is 35.4 Å². The second kappa shape index (κ2) is 6.83. The lowest BCUT2D eigenvalue weighted by Gasteiger charge is -2.23. The highest BCUT2D eigenvalue weighted by atomic mass is 32.2. The molecule has 1 atom stereocenters. The minimum absolute atomic E-state index is 0.231. The van der Waals surface area contributed by atoms with Gasteiger partial charge in [0.25, 0.3) is 0 Å². The number of nitrogens with two attached hydrogens (primary N) is 1. The van der Waals surface area contributed by atoms with E-state index in [0.29, 0.717) is 5.56 Å². The maximum atomic E-state index is 12.3. The van der Waals surface area contributed by atoms with Gasteiger partial charge in [-0.05, 0) is 18.6 Å². The summed E-state index contributed by atoms with van der Waals surface area (Å²) >= 11 is 0. The van der Waals surface area contributed by atoms with Crippen molar-refractivity contribution in [3.63, 3.8) is 0 Å². The summed E-state index contributed by atoms with van der Waals surface area (Å²) in [6, 6.07) is 6.19. The Kier molecular flexibility index (Phi) is 5.67. The first-order valence-corrected chi connectivity index (χ1v) is 7.76. The number of hydrogen-bond acceptors (Lipinski definition) is 5. The van der Waals surface area contributed by atoms with E-state index in [1.807, 2.05) is 0 Å². The van der Waals surface area contributed by atoms with E-state index in [4.69, 9.17) is 5.73 Å². The Hall–Kier alpha value is -1.44. The maximum Gasteiger partial charge on any atom is 0.338 e. The van der Waals surface area contributed by atoms with Gasteiger partial charge < -0.3 is 10.5 Å². The number of ether oxygens (including phenoxy) is 1. The molecule has 0 amide bonds. The molecule has 0 aliphatic rings. The molecule has 112 valence electrons. The second-order valence-corrected chi connectivity index (χ2v) is 6.53. The molecule has 0 saturated heterocycles. The number of sulfonamides is 1. The summed E-state index contributed by atoms with van der Waals surface area (Å²) in [5, 5.41) is 0. The molecule has 0 saturated carbocycles. The third-order valence-electron chi connectivity index (χ3n) is 3.16. The van der Waals surface area contributed by atoms with Gasteiger partial charge in [0, 0.05) is 19.6 Å². The van der Waals surface area contributed by atoms with Gasteiger partial charge in [0.2, 0.25) is 10.0 Å². The van der Waals surface area contributed by atoms with E-state index in [0.717, 1.165) is 0 Å². The molecule has 7 heteroatoms. The van der Waals surface area contributed by atoms with Crippen LogP contribution in [0.2, 0.25) is 0 Å². The molecule has 0 radical (unpaired) electrons. The van der Waals surface area contributed by atoms with Crippen LogP contribution in [-0.2, 0) is 20.5 Å². The molecule has 0 aliphatic carbocycles. The summed E-state index contributed by atoms with van der Waals surface area (Å²) in [7, 11) is -0.803. The first kappa shape index (κ1) is 16.6. The molecule has 0 spiro atoms. The first-order valence-electron chi connectivity index (χ1n) is 6.15. The van der Waals surface area contributed by atoms with Crippen molar-refractivity contribution in [2.75, 3.05) is 20.7 Å². The summed E-state index contributed by atoms with van der Waals surface area (Å²) in [6.45, 7) is 1.96. The van der Waals surface area contributed by atoms with Gasteiger partial charge >= 0.3 is 5.97 Å².